The Labute approximate surface area is 618 Å². The number of aryl methyl sites for hydroxylation is 2. The van der Waals surface area contributed by atoms with Gasteiger partial charge in [-0.05, 0) is 108 Å². The number of rotatable bonds is 20. The van der Waals surface area contributed by atoms with Gasteiger partial charge in [0.25, 0.3) is 0 Å². The average molecular weight is 1510 g/mol. The van der Waals surface area contributed by atoms with E-state index in [4.69, 9.17) is 0 Å². The number of H-pyrrole nitrogens is 1. The van der Waals surface area contributed by atoms with Gasteiger partial charge in [0.05, 0.1) is 30.7 Å². The second kappa shape index (κ2) is 40.7. The Morgan fingerprint density at radius 2 is 1.35 bits per heavy atom. The number of aliphatic hydroxyl groups excluding tert-OH is 1. The summed E-state index contributed by atoms with van der Waals surface area (Å²) in [5.41, 5.74) is 0.872. The fourth-order valence-electron chi connectivity index (χ4n) is 11.7. The summed E-state index contributed by atoms with van der Waals surface area (Å²) < 4.78 is 1.44. The van der Waals surface area contributed by atoms with Crippen LogP contribution in [-0.2, 0) is 97.7 Å². The van der Waals surface area contributed by atoms with Crippen LogP contribution in [0.2, 0.25) is 0 Å². The molecule has 5 heterocycles. The highest BCUT2D eigenvalue weighted by Gasteiger charge is 2.39. The van der Waals surface area contributed by atoms with Crippen LogP contribution < -0.4 is 69.1 Å². The Kier molecular flexibility index (Phi) is 31.8. The number of aliphatic carboxylic acids is 3. The number of carbonyl (C=O) groups excluding carboxylic acids is 12. The predicted molar refractivity (Wildman–Crippen MR) is 380 cm³/mol. The Balaban J connectivity index is 1.33. The van der Waals surface area contributed by atoms with Crippen LogP contribution in [0.5, 0.6) is 0 Å². The van der Waals surface area contributed by atoms with E-state index in [1.807, 2.05) is 0 Å². The molecule has 18 N–H and O–H groups in total. The fraction of sp³-hybridized carbons (Fsp3) is 0.574. The molecular formula is C68H95N19O19S. The van der Waals surface area contributed by atoms with Crippen molar-refractivity contribution in [3.8, 4) is 0 Å². The summed E-state index contributed by atoms with van der Waals surface area (Å²) in [5.74, 6) is -17.4. The summed E-state index contributed by atoms with van der Waals surface area (Å²) in [6.45, 7) is 4.77. The van der Waals surface area contributed by atoms with E-state index in [1.54, 1.807) is 50.4 Å². The smallest absolute Gasteiger partial charge is 0.328 e. The van der Waals surface area contributed by atoms with Crippen molar-refractivity contribution in [3.05, 3.63) is 72.3 Å². The molecule has 1 aromatic carbocycles. The molecule has 0 radical (unpaired) electrons. The SMILES string of the molecule is CN[C@@H](CCC(=O)O)C(=O)N[C@H]1CSCC[C@@H](C(=O)N[C@H](C(=O)O)C(C)O)NC(=O)[C@H](Cc2cc3ccccc3cn2)NC(=O)[C@H](C(C)C)NC(=O)[C@@H]2CCCCn3cc(nn3)CC[C@H](NC(=O)[C@H](C)NC1=O)C(=O)N[C@@H](Cc1cnc[nH]1)C(=O)NC(CC1CC1)C(=O)NCC(=O)N[C@@H](CCC(=O)O)C(=O)N2. The lowest BCUT2D eigenvalue weighted by atomic mass is 10.00. The minimum atomic E-state index is -1.93. The molecule has 582 valence electrons. The van der Waals surface area contributed by atoms with Gasteiger partial charge in [0.15, 0.2) is 6.04 Å². The molecule has 1 fully saturated rings. The molecule has 1 saturated carbocycles. The molecule has 3 aromatic heterocycles. The maximum atomic E-state index is 15.1. The number of thioether (sulfide) groups is 1. The van der Waals surface area contributed by atoms with Gasteiger partial charge in [0.1, 0.15) is 60.4 Å². The molecule has 0 saturated heterocycles. The minimum Gasteiger partial charge on any atom is -0.481 e. The van der Waals surface area contributed by atoms with E-state index >= 15 is 4.79 Å². The quantitative estimate of drug-likeness (QED) is 0.0401. The number of aromatic amines is 1. The number of carboxylic acid groups (broad SMARTS) is 3. The molecule has 4 aromatic rings. The normalized spacial score (nSPS) is 24.6. The highest BCUT2D eigenvalue weighted by atomic mass is 32.2. The lowest BCUT2D eigenvalue weighted by Crippen LogP contribution is -2.61. The Morgan fingerprint density at radius 1 is 0.682 bits per heavy atom. The van der Waals surface area contributed by atoms with Crippen LogP contribution in [0, 0.1) is 11.8 Å². The van der Waals surface area contributed by atoms with E-state index in [2.05, 4.69) is 94.4 Å². The van der Waals surface area contributed by atoms with Gasteiger partial charge in [-0.1, -0.05) is 56.2 Å². The van der Waals surface area contributed by atoms with Crippen molar-refractivity contribution >= 4 is 111 Å². The van der Waals surface area contributed by atoms with E-state index in [9.17, 15) is 87.5 Å². The minimum absolute atomic E-state index is 0.0467. The van der Waals surface area contributed by atoms with Crippen molar-refractivity contribution < 1.29 is 92.3 Å². The molecule has 4 bridgehead atoms. The maximum absolute atomic E-state index is 15.1. The maximum Gasteiger partial charge on any atom is 0.328 e. The van der Waals surface area contributed by atoms with Gasteiger partial charge < -0.3 is 94.5 Å². The van der Waals surface area contributed by atoms with Crippen LogP contribution in [-0.4, -0.2) is 243 Å². The van der Waals surface area contributed by atoms with Crippen molar-refractivity contribution in [2.24, 2.45) is 11.8 Å². The van der Waals surface area contributed by atoms with Crippen molar-refractivity contribution in [1.82, 2.24) is 99.1 Å². The first kappa shape index (κ1) is 83.6. The molecule has 12 amide bonds. The molecule has 39 heteroatoms. The highest BCUT2D eigenvalue weighted by Crippen LogP contribution is 2.33. The number of amides is 12. The van der Waals surface area contributed by atoms with Gasteiger partial charge in [0.2, 0.25) is 70.9 Å². The molecule has 7 rings (SSSR count). The van der Waals surface area contributed by atoms with E-state index in [0.29, 0.717) is 35.0 Å². The zero-order valence-corrected chi connectivity index (χ0v) is 60.7. The molecule has 2 unspecified atom stereocenters. The number of nitrogens with one attached hydrogen (secondary N) is 14. The van der Waals surface area contributed by atoms with Gasteiger partial charge in [-0.25, -0.2) is 9.78 Å². The molecule has 2 aliphatic heterocycles. The van der Waals surface area contributed by atoms with Gasteiger partial charge in [-0.3, -0.25) is 76.8 Å². The Bertz CT molecular complexity index is 3840. The number of hydrogen-bond acceptors (Lipinski definition) is 22. The number of carboxylic acids is 3. The molecule has 13 atom stereocenters. The van der Waals surface area contributed by atoms with E-state index in [1.165, 1.54) is 37.4 Å². The number of likely N-dealkylation sites (N-methyl/N-ethyl adjacent to an activating group) is 1. The zero-order valence-electron chi connectivity index (χ0n) is 59.8. The van der Waals surface area contributed by atoms with E-state index in [0.717, 1.165) is 18.7 Å². The number of benzene rings is 1. The van der Waals surface area contributed by atoms with Gasteiger partial charge in [-0.15, -0.1) is 5.10 Å². The molecule has 107 heavy (non-hydrogen) atoms. The lowest BCUT2D eigenvalue weighted by molar-refractivity contribution is -0.145. The largest absolute Gasteiger partial charge is 0.481 e. The third-order valence-electron chi connectivity index (χ3n) is 18.1. The second-order valence-corrected chi connectivity index (χ2v) is 28.2. The number of fused-ring (bicyclic) bond motifs is 7. The third-order valence-corrected chi connectivity index (χ3v) is 19.2. The summed E-state index contributed by atoms with van der Waals surface area (Å²) in [4.78, 5) is 222. The topological polar surface area (TPSA) is 566 Å². The van der Waals surface area contributed by atoms with Crippen LogP contribution in [0.15, 0.2) is 55.2 Å². The molecule has 38 nitrogen and oxygen atoms in total. The molecule has 0 spiro atoms. The number of hydrogen-bond donors (Lipinski definition) is 18. The lowest BCUT2D eigenvalue weighted by Gasteiger charge is -2.29. The predicted octanol–water partition coefficient (Wildman–Crippen LogP) is -4.00. The Morgan fingerprint density at radius 3 is 2.02 bits per heavy atom. The summed E-state index contributed by atoms with van der Waals surface area (Å²) in [5, 5.41) is 83.3. The number of nitrogens with zero attached hydrogens (tertiary/aromatic N) is 5. The summed E-state index contributed by atoms with van der Waals surface area (Å²) >= 11 is 0.907. The second-order valence-electron chi connectivity index (χ2n) is 27.1. The average Bonchev–Trinajstić information content (AvgIpc) is 1.65. The van der Waals surface area contributed by atoms with Crippen molar-refractivity contribution in [2.45, 2.75) is 209 Å². The first-order valence-electron chi connectivity index (χ1n) is 35.4. The van der Waals surface area contributed by atoms with Crippen molar-refractivity contribution in [3.63, 3.8) is 0 Å². The van der Waals surface area contributed by atoms with E-state index in [-0.39, 0.29) is 87.4 Å². The summed E-state index contributed by atoms with van der Waals surface area (Å²) in [6, 6.07) is -10.0. The van der Waals surface area contributed by atoms with Crippen molar-refractivity contribution in [1.29, 1.82) is 0 Å². The molecule has 1 aliphatic carbocycles. The fourth-order valence-corrected chi connectivity index (χ4v) is 12.8. The number of aromatic nitrogens is 6. The zero-order chi connectivity index (χ0) is 78.0. The van der Waals surface area contributed by atoms with Crippen LogP contribution in [0.1, 0.15) is 122 Å². The molecular weight excluding hydrogens is 1420 g/mol. The third kappa shape index (κ3) is 26.7. The van der Waals surface area contributed by atoms with Crippen LogP contribution in [0.25, 0.3) is 10.8 Å². The standard InChI is InChI=1S/C68H95N19O19S/c1-34(2)55-67(104)81-49(26-41-25-38-10-6-7-11-39(38)28-71-41)64(101)78-47(63(100)84-56(36(4)88)68(105)106)21-23-107-32-51(82-59(96)43(69-5)17-19-53(90)91)66(103)74-35(3)57(94)76-46-16-15-40-31-87(86-85-40)22-9-8-12-44(62(99)83-55)77-60(97)45(18-20-54(92)93)75-52(89)30-72-58(95)48(24-37-13-14-37)79-65(102)50(80-61(46)98)27-42-29-70-33-73-42/h6-7,10-11,25,28-29,31,33-37,43-51,55-56,69,88H,8-9,12-24,26-27,30,32H2,1-5H3,(H,70,73)(H,72,95)(H,74,103)(H,75,89)(H,76,94)(H,77,97)(H,78,101)(H,79,102)(H,80,98)(H,81,104)(H,82,96)(H,83,99)(H,84,100)(H,90,91)(H,92,93)(H,105,106)/t35-,36?,43-,44-,45-,46-,47-,48?,49-,50-,51-,55-,56-/m0/s1. The monoisotopic (exact) mass is 1510 g/mol. The highest BCUT2D eigenvalue weighted by molar-refractivity contribution is 7.99. The Hall–Kier alpha value is -10.7. The number of pyridine rings is 1. The number of carbonyl (C=O) groups is 15. The number of aliphatic hydroxyl groups is 1. The summed E-state index contributed by atoms with van der Waals surface area (Å²) in [6.07, 6.45) is 2.41. The van der Waals surface area contributed by atoms with Crippen LogP contribution in [0.4, 0.5) is 0 Å². The van der Waals surface area contributed by atoms with E-state index < -0.39 is 206 Å². The van der Waals surface area contributed by atoms with Gasteiger partial charge >= 0.3 is 17.9 Å². The van der Waals surface area contributed by atoms with Crippen LogP contribution in [0.3, 0.4) is 0 Å². The van der Waals surface area contributed by atoms with Gasteiger partial charge in [0, 0.05) is 73.3 Å². The van der Waals surface area contributed by atoms with Crippen LogP contribution >= 0.6 is 11.8 Å². The first-order valence-corrected chi connectivity index (χ1v) is 36.5. The first-order chi connectivity index (χ1) is 50.9. The van der Waals surface area contributed by atoms with Crippen molar-refractivity contribution in [2.75, 3.05) is 25.1 Å². The molecule has 3 aliphatic rings. The van der Waals surface area contributed by atoms with Gasteiger partial charge in [-0.2, -0.15) is 11.8 Å². The number of imidazole rings is 1. The summed E-state index contributed by atoms with van der Waals surface area (Å²) in [7, 11) is 1.38.